The quantitative estimate of drug-likeness (QED) is 0.627. The van der Waals surface area contributed by atoms with Gasteiger partial charge in [-0.25, -0.2) is 0 Å². The molecule has 126 valence electrons. The number of halogens is 1. The second kappa shape index (κ2) is 7.00. The molecule has 1 fully saturated rings. The van der Waals surface area contributed by atoms with Gasteiger partial charge in [0.2, 0.25) is 0 Å². The van der Waals surface area contributed by atoms with Crippen LogP contribution in [0.1, 0.15) is 12.0 Å². The van der Waals surface area contributed by atoms with E-state index < -0.39 is 4.92 Å². The summed E-state index contributed by atoms with van der Waals surface area (Å²) in [6.07, 6.45) is 2.61. The molecule has 0 radical (unpaired) electrons. The van der Waals surface area contributed by atoms with E-state index in [2.05, 4.69) is 20.0 Å². The van der Waals surface area contributed by atoms with Gasteiger partial charge in [0, 0.05) is 44.5 Å². The maximum absolute atomic E-state index is 11.0. The number of benzene rings is 1. The van der Waals surface area contributed by atoms with Crippen molar-refractivity contribution in [1.82, 2.24) is 10.2 Å². The van der Waals surface area contributed by atoms with Gasteiger partial charge in [-0.3, -0.25) is 10.1 Å². The highest BCUT2D eigenvalue weighted by molar-refractivity contribution is 6.33. The molecule has 0 N–H and O–H groups in total. The van der Waals surface area contributed by atoms with Gasteiger partial charge in [0.25, 0.3) is 5.69 Å². The Bertz CT molecular complexity index is 717. The number of hydrogen-bond donors (Lipinski definition) is 0. The molecule has 0 unspecified atom stereocenters. The largest absolute Gasteiger partial charge is 0.368 e. The Morgan fingerprint density at radius 2 is 1.96 bits per heavy atom. The number of hydrogen-bond acceptors (Lipinski definition) is 6. The van der Waals surface area contributed by atoms with Gasteiger partial charge in [-0.1, -0.05) is 11.6 Å². The van der Waals surface area contributed by atoms with E-state index in [1.54, 1.807) is 12.3 Å². The molecule has 8 heteroatoms. The van der Waals surface area contributed by atoms with E-state index in [0.29, 0.717) is 5.02 Å². The fraction of sp³-hybridized carbons (Fsp3) is 0.375. The Morgan fingerprint density at radius 3 is 2.62 bits per heavy atom. The van der Waals surface area contributed by atoms with Crippen molar-refractivity contribution in [2.24, 2.45) is 0 Å². The Kier molecular flexibility index (Phi) is 4.80. The standard InChI is InChI=1S/C16H18ClN5O2/c1-12-10-13(22(23)24)11-14(17)16(12)21-7-3-6-20(8-9-21)15-4-2-5-18-19-15/h2,4-5,10-11H,3,6-9H2,1H3. The van der Waals surface area contributed by atoms with Crippen LogP contribution < -0.4 is 9.80 Å². The summed E-state index contributed by atoms with van der Waals surface area (Å²) < 4.78 is 0. The van der Waals surface area contributed by atoms with Crippen LogP contribution >= 0.6 is 11.6 Å². The van der Waals surface area contributed by atoms with Gasteiger partial charge in [0.15, 0.2) is 5.82 Å². The van der Waals surface area contributed by atoms with Crippen molar-refractivity contribution >= 4 is 28.8 Å². The Labute approximate surface area is 145 Å². The monoisotopic (exact) mass is 347 g/mol. The van der Waals surface area contributed by atoms with E-state index in [1.165, 1.54) is 6.07 Å². The van der Waals surface area contributed by atoms with Crippen LogP contribution in [0.4, 0.5) is 17.2 Å². The first-order valence-electron chi connectivity index (χ1n) is 7.78. The molecule has 0 amide bonds. The number of nitro benzene ring substituents is 1. The number of anilines is 2. The molecule has 2 heterocycles. The number of aromatic nitrogens is 2. The van der Waals surface area contributed by atoms with Gasteiger partial charge < -0.3 is 9.80 Å². The molecule has 0 atom stereocenters. The molecular formula is C16H18ClN5O2. The second-order valence-corrected chi connectivity index (χ2v) is 6.17. The molecule has 7 nitrogen and oxygen atoms in total. The molecule has 1 aliphatic heterocycles. The zero-order valence-electron chi connectivity index (χ0n) is 13.4. The van der Waals surface area contributed by atoms with Gasteiger partial charge >= 0.3 is 0 Å². The Hall–Kier alpha value is -2.41. The molecule has 0 bridgehead atoms. The van der Waals surface area contributed by atoms with Crippen LogP contribution in [-0.2, 0) is 0 Å². The summed E-state index contributed by atoms with van der Waals surface area (Å²) in [5, 5.41) is 19.5. The summed E-state index contributed by atoms with van der Waals surface area (Å²) in [5.74, 6) is 0.867. The Balaban J connectivity index is 1.80. The maximum Gasteiger partial charge on any atom is 0.271 e. The molecule has 1 saturated heterocycles. The van der Waals surface area contributed by atoms with Crippen molar-refractivity contribution in [3.63, 3.8) is 0 Å². The zero-order valence-corrected chi connectivity index (χ0v) is 14.1. The Morgan fingerprint density at radius 1 is 1.21 bits per heavy atom. The van der Waals surface area contributed by atoms with Gasteiger partial charge in [-0.15, -0.1) is 5.10 Å². The summed E-state index contributed by atoms with van der Waals surface area (Å²) in [7, 11) is 0. The van der Waals surface area contributed by atoms with E-state index >= 15 is 0 Å². The molecule has 1 aromatic heterocycles. The SMILES string of the molecule is Cc1cc([N+](=O)[O-])cc(Cl)c1N1CCCN(c2cccnn2)CC1. The van der Waals surface area contributed by atoms with E-state index in [1.807, 2.05) is 19.1 Å². The smallest absolute Gasteiger partial charge is 0.271 e. The van der Waals surface area contributed by atoms with Crippen molar-refractivity contribution in [3.05, 3.63) is 51.2 Å². The fourth-order valence-corrected chi connectivity index (χ4v) is 3.44. The average molecular weight is 348 g/mol. The molecular weight excluding hydrogens is 330 g/mol. The van der Waals surface area contributed by atoms with Crippen LogP contribution in [-0.4, -0.2) is 41.3 Å². The van der Waals surface area contributed by atoms with E-state index in [-0.39, 0.29) is 5.69 Å². The minimum atomic E-state index is -0.416. The normalized spacial score (nSPS) is 15.2. The third-order valence-electron chi connectivity index (χ3n) is 4.14. The van der Waals surface area contributed by atoms with Crippen LogP contribution in [0.5, 0.6) is 0 Å². The summed E-state index contributed by atoms with van der Waals surface area (Å²) in [6.45, 7) is 5.16. The van der Waals surface area contributed by atoms with E-state index in [9.17, 15) is 10.1 Å². The van der Waals surface area contributed by atoms with Crippen LogP contribution in [0.3, 0.4) is 0 Å². The third kappa shape index (κ3) is 3.41. The summed E-state index contributed by atoms with van der Waals surface area (Å²) in [4.78, 5) is 14.9. The number of nitro groups is 1. The molecule has 24 heavy (non-hydrogen) atoms. The lowest BCUT2D eigenvalue weighted by Crippen LogP contribution is -2.31. The number of aryl methyl sites for hydroxylation is 1. The fourth-order valence-electron chi connectivity index (χ4n) is 3.06. The molecule has 1 aliphatic rings. The first kappa shape index (κ1) is 16.4. The first-order valence-corrected chi connectivity index (χ1v) is 8.16. The highest BCUT2D eigenvalue weighted by atomic mass is 35.5. The topological polar surface area (TPSA) is 75.4 Å². The van der Waals surface area contributed by atoms with Crippen molar-refractivity contribution in [3.8, 4) is 0 Å². The number of nitrogens with zero attached hydrogens (tertiary/aromatic N) is 5. The maximum atomic E-state index is 11.0. The van der Waals surface area contributed by atoms with Crippen molar-refractivity contribution in [2.75, 3.05) is 36.0 Å². The van der Waals surface area contributed by atoms with Crippen LogP contribution in [0.25, 0.3) is 0 Å². The van der Waals surface area contributed by atoms with Crippen molar-refractivity contribution < 1.29 is 4.92 Å². The highest BCUT2D eigenvalue weighted by Crippen LogP contribution is 2.34. The average Bonchev–Trinajstić information content (AvgIpc) is 2.81. The highest BCUT2D eigenvalue weighted by Gasteiger charge is 2.21. The minimum Gasteiger partial charge on any atom is -0.368 e. The van der Waals surface area contributed by atoms with Crippen molar-refractivity contribution in [2.45, 2.75) is 13.3 Å². The molecule has 3 rings (SSSR count). The van der Waals surface area contributed by atoms with Gasteiger partial charge in [-0.05, 0) is 31.0 Å². The lowest BCUT2D eigenvalue weighted by Gasteiger charge is -2.26. The number of rotatable bonds is 3. The van der Waals surface area contributed by atoms with Crippen LogP contribution in [0, 0.1) is 17.0 Å². The third-order valence-corrected chi connectivity index (χ3v) is 4.43. The van der Waals surface area contributed by atoms with Crippen molar-refractivity contribution in [1.29, 1.82) is 0 Å². The predicted octanol–water partition coefficient (Wildman–Crippen LogP) is 3.06. The van der Waals surface area contributed by atoms with Gasteiger partial charge in [-0.2, -0.15) is 5.10 Å². The van der Waals surface area contributed by atoms with Gasteiger partial charge in [0.1, 0.15) is 0 Å². The minimum absolute atomic E-state index is 0.0252. The zero-order chi connectivity index (χ0) is 17.1. The lowest BCUT2D eigenvalue weighted by atomic mass is 10.1. The summed E-state index contributed by atoms with van der Waals surface area (Å²) in [5.41, 5.74) is 1.72. The molecule has 0 spiro atoms. The summed E-state index contributed by atoms with van der Waals surface area (Å²) in [6, 6.07) is 6.83. The number of non-ortho nitro benzene ring substituents is 1. The van der Waals surface area contributed by atoms with Gasteiger partial charge in [0.05, 0.1) is 15.6 Å². The van der Waals surface area contributed by atoms with Crippen LogP contribution in [0.15, 0.2) is 30.5 Å². The van der Waals surface area contributed by atoms with E-state index in [4.69, 9.17) is 11.6 Å². The van der Waals surface area contributed by atoms with Crippen LogP contribution in [0.2, 0.25) is 5.02 Å². The molecule has 0 saturated carbocycles. The first-order chi connectivity index (χ1) is 11.6. The van der Waals surface area contributed by atoms with E-state index in [0.717, 1.165) is 49.7 Å². The molecule has 1 aromatic carbocycles. The lowest BCUT2D eigenvalue weighted by molar-refractivity contribution is -0.384. The summed E-state index contributed by atoms with van der Waals surface area (Å²) >= 11 is 6.34. The second-order valence-electron chi connectivity index (χ2n) is 5.76. The molecule has 2 aromatic rings. The predicted molar refractivity (Wildman–Crippen MR) is 93.9 cm³/mol. The molecule has 0 aliphatic carbocycles.